The van der Waals surface area contributed by atoms with Gasteiger partial charge in [0.1, 0.15) is 11.9 Å². The lowest BCUT2D eigenvalue weighted by Gasteiger charge is -2.21. The highest BCUT2D eigenvalue weighted by atomic mass is 16.5. The van der Waals surface area contributed by atoms with Crippen molar-refractivity contribution in [2.45, 2.75) is 26.4 Å². The van der Waals surface area contributed by atoms with E-state index in [1.807, 2.05) is 18.2 Å². The average molecular weight is 255 g/mol. The smallest absolute Gasteiger partial charge is 0.126 e. The second kappa shape index (κ2) is 6.39. The highest BCUT2D eigenvalue weighted by Crippen LogP contribution is 2.29. The van der Waals surface area contributed by atoms with Gasteiger partial charge in [-0.3, -0.25) is 0 Å². The summed E-state index contributed by atoms with van der Waals surface area (Å²) in [4.78, 5) is 0. The van der Waals surface area contributed by atoms with Crippen molar-refractivity contribution < 1.29 is 4.74 Å². The predicted molar refractivity (Wildman–Crippen MR) is 79.4 cm³/mol. The number of aryl methyl sites for hydroxylation is 2. The Bertz CT molecular complexity index is 502. The molecule has 100 valence electrons. The molecule has 19 heavy (non-hydrogen) atoms. The van der Waals surface area contributed by atoms with Crippen molar-refractivity contribution in [3.8, 4) is 5.75 Å². The Morgan fingerprint density at radius 2 is 1.58 bits per heavy atom. The van der Waals surface area contributed by atoms with Crippen LogP contribution in [0, 0.1) is 13.8 Å². The van der Waals surface area contributed by atoms with Crippen molar-refractivity contribution in [1.82, 2.24) is 0 Å². The maximum atomic E-state index is 6.22. The number of para-hydroxylation sites is 1. The summed E-state index contributed by atoms with van der Waals surface area (Å²) in [6, 6.07) is 16.5. The minimum Gasteiger partial charge on any atom is -0.485 e. The molecule has 0 amide bonds. The zero-order valence-electron chi connectivity index (χ0n) is 11.6. The number of rotatable bonds is 5. The van der Waals surface area contributed by atoms with Gasteiger partial charge in [0.2, 0.25) is 0 Å². The Kier molecular flexibility index (Phi) is 4.58. The summed E-state index contributed by atoms with van der Waals surface area (Å²) >= 11 is 0. The molecule has 2 aromatic carbocycles. The third kappa shape index (κ3) is 3.36. The first-order valence-corrected chi connectivity index (χ1v) is 6.70. The standard InChI is InChI=1S/C17H21NO/c1-13-7-6-8-14(2)17(13)19-16(11-12-18)15-9-4-3-5-10-15/h3-10,16H,11-12,18H2,1-2H3. The maximum Gasteiger partial charge on any atom is 0.126 e. The lowest BCUT2D eigenvalue weighted by Crippen LogP contribution is -2.14. The first kappa shape index (κ1) is 13.6. The predicted octanol–water partition coefficient (Wildman–Crippen LogP) is 3.77. The third-order valence-electron chi connectivity index (χ3n) is 3.27. The fourth-order valence-corrected chi connectivity index (χ4v) is 2.24. The third-order valence-corrected chi connectivity index (χ3v) is 3.27. The molecule has 0 heterocycles. The van der Waals surface area contributed by atoms with Gasteiger partial charge in [-0.1, -0.05) is 48.5 Å². The van der Waals surface area contributed by atoms with Crippen molar-refractivity contribution in [3.05, 3.63) is 65.2 Å². The van der Waals surface area contributed by atoms with Gasteiger partial charge in [-0.05, 0) is 37.1 Å². The van der Waals surface area contributed by atoms with E-state index in [2.05, 4.69) is 44.2 Å². The zero-order valence-corrected chi connectivity index (χ0v) is 11.6. The van der Waals surface area contributed by atoms with Gasteiger partial charge in [-0.25, -0.2) is 0 Å². The van der Waals surface area contributed by atoms with Gasteiger partial charge < -0.3 is 10.5 Å². The van der Waals surface area contributed by atoms with Gasteiger partial charge in [0, 0.05) is 6.42 Å². The molecule has 1 unspecified atom stereocenters. The van der Waals surface area contributed by atoms with Crippen molar-refractivity contribution in [3.63, 3.8) is 0 Å². The van der Waals surface area contributed by atoms with Gasteiger partial charge in [0.05, 0.1) is 0 Å². The summed E-state index contributed by atoms with van der Waals surface area (Å²) < 4.78 is 6.22. The second-order valence-corrected chi connectivity index (χ2v) is 4.82. The van der Waals surface area contributed by atoms with E-state index in [0.717, 1.165) is 23.3 Å². The quantitative estimate of drug-likeness (QED) is 0.882. The van der Waals surface area contributed by atoms with Gasteiger partial charge in [-0.2, -0.15) is 0 Å². The summed E-state index contributed by atoms with van der Waals surface area (Å²) in [7, 11) is 0. The van der Waals surface area contributed by atoms with Crippen LogP contribution in [0.25, 0.3) is 0 Å². The van der Waals surface area contributed by atoms with E-state index in [-0.39, 0.29) is 6.10 Å². The van der Waals surface area contributed by atoms with Gasteiger partial charge in [0.25, 0.3) is 0 Å². The minimum absolute atomic E-state index is 0.0194. The molecule has 0 aromatic heterocycles. The molecule has 2 rings (SSSR count). The van der Waals surface area contributed by atoms with Gasteiger partial charge >= 0.3 is 0 Å². The van der Waals surface area contributed by atoms with Crippen LogP contribution in [0.1, 0.15) is 29.2 Å². The molecular formula is C17H21NO. The van der Waals surface area contributed by atoms with E-state index >= 15 is 0 Å². The van der Waals surface area contributed by atoms with Crippen LogP contribution in [0.3, 0.4) is 0 Å². The average Bonchev–Trinajstić information content (AvgIpc) is 2.43. The van der Waals surface area contributed by atoms with Crippen LogP contribution in [0.15, 0.2) is 48.5 Å². The molecular weight excluding hydrogens is 234 g/mol. The van der Waals surface area contributed by atoms with Crippen LogP contribution in [0.4, 0.5) is 0 Å². The number of ether oxygens (including phenoxy) is 1. The molecule has 0 saturated heterocycles. The van der Waals surface area contributed by atoms with Crippen molar-refractivity contribution in [1.29, 1.82) is 0 Å². The van der Waals surface area contributed by atoms with Crippen molar-refractivity contribution in [2.24, 2.45) is 5.73 Å². The van der Waals surface area contributed by atoms with Crippen LogP contribution >= 0.6 is 0 Å². The van der Waals surface area contributed by atoms with Crippen LogP contribution in [0.5, 0.6) is 5.75 Å². The molecule has 2 nitrogen and oxygen atoms in total. The first-order chi connectivity index (χ1) is 9.22. The molecule has 0 aliphatic rings. The zero-order chi connectivity index (χ0) is 13.7. The molecule has 2 N–H and O–H groups in total. The van der Waals surface area contributed by atoms with E-state index in [9.17, 15) is 0 Å². The normalized spacial score (nSPS) is 12.2. The Balaban J connectivity index is 2.27. The molecule has 0 fully saturated rings. The highest BCUT2D eigenvalue weighted by molar-refractivity contribution is 5.40. The molecule has 0 spiro atoms. The van der Waals surface area contributed by atoms with Crippen LogP contribution in [-0.4, -0.2) is 6.54 Å². The first-order valence-electron chi connectivity index (χ1n) is 6.70. The Hall–Kier alpha value is -1.80. The summed E-state index contributed by atoms with van der Waals surface area (Å²) in [5, 5.41) is 0. The lowest BCUT2D eigenvalue weighted by atomic mass is 10.1. The molecule has 1 atom stereocenters. The van der Waals surface area contributed by atoms with Crippen molar-refractivity contribution >= 4 is 0 Å². The molecule has 2 heteroatoms. The van der Waals surface area contributed by atoms with Gasteiger partial charge in [0.15, 0.2) is 0 Å². The van der Waals surface area contributed by atoms with E-state index < -0.39 is 0 Å². The molecule has 0 aliphatic heterocycles. The molecule has 2 aromatic rings. The Labute approximate surface area is 115 Å². The summed E-state index contributed by atoms with van der Waals surface area (Å²) in [6.07, 6.45) is 0.837. The van der Waals surface area contributed by atoms with E-state index in [4.69, 9.17) is 10.5 Å². The van der Waals surface area contributed by atoms with E-state index in [1.165, 1.54) is 5.56 Å². The molecule has 0 saturated carbocycles. The number of nitrogens with two attached hydrogens (primary N) is 1. The van der Waals surface area contributed by atoms with Gasteiger partial charge in [-0.15, -0.1) is 0 Å². The second-order valence-electron chi connectivity index (χ2n) is 4.82. The SMILES string of the molecule is Cc1cccc(C)c1OC(CCN)c1ccccc1. The minimum atomic E-state index is 0.0194. The number of hydrogen-bond acceptors (Lipinski definition) is 2. The van der Waals surface area contributed by atoms with Crippen LogP contribution < -0.4 is 10.5 Å². The van der Waals surface area contributed by atoms with Crippen molar-refractivity contribution in [2.75, 3.05) is 6.54 Å². The topological polar surface area (TPSA) is 35.2 Å². The number of hydrogen-bond donors (Lipinski definition) is 1. The molecule has 0 bridgehead atoms. The molecule has 0 aliphatic carbocycles. The van der Waals surface area contributed by atoms with E-state index in [1.54, 1.807) is 0 Å². The Morgan fingerprint density at radius 3 is 2.16 bits per heavy atom. The summed E-state index contributed by atoms with van der Waals surface area (Å²) in [5.41, 5.74) is 9.22. The fourth-order valence-electron chi connectivity index (χ4n) is 2.24. The van der Waals surface area contributed by atoms with Crippen LogP contribution in [-0.2, 0) is 0 Å². The Morgan fingerprint density at radius 1 is 0.947 bits per heavy atom. The lowest BCUT2D eigenvalue weighted by molar-refractivity contribution is 0.195. The maximum absolute atomic E-state index is 6.22. The summed E-state index contributed by atoms with van der Waals surface area (Å²) in [5.74, 6) is 0.977. The number of benzene rings is 2. The highest BCUT2D eigenvalue weighted by Gasteiger charge is 2.14. The molecule has 0 radical (unpaired) electrons. The van der Waals surface area contributed by atoms with Crippen LogP contribution in [0.2, 0.25) is 0 Å². The monoisotopic (exact) mass is 255 g/mol. The van der Waals surface area contributed by atoms with E-state index in [0.29, 0.717) is 6.54 Å². The largest absolute Gasteiger partial charge is 0.485 e. The fraction of sp³-hybridized carbons (Fsp3) is 0.294. The summed E-state index contributed by atoms with van der Waals surface area (Å²) in [6.45, 7) is 4.77.